The van der Waals surface area contributed by atoms with Gasteiger partial charge in [-0.1, -0.05) is 0 Å². The third-order valence-electron chi connectivity index (χ3n) is 3.93. The molecule has 2 aromatic rings. The summed E-state index contributed by atoms with van der Waals surface area (Å²) in [7, 11) is -3.88. The van der Waals surface area contributed by atoms with Crippen molar-refractivity contribution >= 4 is 21.6 Å². The average Bonchev–Trinajstić information content (AvgIpc) is 2.96. The van der Waals surface area contributed by atoms with Crippen molar-refractivity contribution in [2.45, 2.75) is 17.4 Å². The molecule has 1 atom stereocenters. The van der Waals surface area contributed by atoms with E-state index in [9.17, 15) is 17.6 Å². The molecule has 1 N–H and O–H groups in total. The molecule has 0 saturated carbocycles. The highest BCUT2D eigenvalue weighted by molar-refractivity contribution is 7.89. The second-order valence-corrected chi connectivity index (χ2v) is 7.28. The van der Waals surface area contributed by atoms with Gasteiger partial charge in [0.25, 0.3) is 0 Å². The molecule has 1 amide bonds. The number of anilines is 1. The Morgan fingerprint density at radius 3 is 2.36 bits per heavy atom. The first-order valence-electron chi connectivity index (χ1n) is 7.50. The van der Waals surface area contributed by atoms with Crippen molar-refractivity contribution in [3.8, 4) is 6.07 Å². The zero-order valence-electron chi connectivity index (χ0n) is 13.0. The molecule has 0 bridgehead atoms. The molecule has 0 spiro atoms. The van der Waals surface area contributed by atoms with Crippen molar-refractivity contribution in [1.29, 1.82) is 5.26 Å². The van der Waals surface area contributed by atoms with Gasteiger partial charge >= 0.3 is 0 Å². The van der Waals surface area contributed by atoms with E-state index in [-0.39, 0.29) is 10.8 Å². The fraction of sp³-hybridized carbons (Fsp3) is 0.176. The third kappa shape index (κ3) is 3.52. The lowest BCUT2D eigenvalue weighted by atomic mass is 10.2. The largest absolute Gasteiger partial charge is 0.311 e. The van der Waals surface area contributed by atoms with E-state index >= 15 is 0 Å². The van der Waals surface area contributed by atoms with E-state index in [0.29, 0.717) is 24.2 Å². The van der Waals surface area contributed by atoms with E-state index in [1.54, 1.807) is 0 Å². The van der Waals surface area contributed by atoms with E-state index in [4.69, 9.17) is 5.26 Å². The minimum atomic E-state index is -3.88. The minimum absolute atomic E-state index is 0.0143. The topological polar surface area (TPSA) is 90.3 Å². The van der Waals surface area contributed by atoms with Crippen LogP contribution in [-0.4, -0.2) is 26.9 Å². The summed E-state index contributed by atoms with van der Waals surface area (Å²) in [5.74, 6) is -0.794. The molecule has 0 aliphatic carbocycles. The lowest BCUT2D eigenvalue weighted by molar-refractivity contribution is -0.118. The number of rotatable bonds is 4. The normalized spacial score (nSPS) is 17.5. The van der Waals surface area contributed by atoms with E-state index in [2.05, 4.69) is 4.72 Å². The maximum atomic E-state index is 13.0. The summed E-state index contributed by atoms with van der Waals surface area (Å²) in [6, 6.07) is 11.9. The predicted octanol–water partition coefficient (Wildman–Crippen LogP) is 1.78. The highest BCUT2D eigenvalue weighted by Crippen LogP contribution is 2.23. The van der Waals surface area contributed by atoms with E-state index in [1.165, 1.54) is 53.4 Å². The van der Waals surface area contributed by atoms with Gasteiger partial charge in [-0.25, -0.2) is 12.8 Å². The fourth-order valence-electron chi connectivity index (χ4n) is 2.63. The molecule has 1 aliphatic heterocycles. The van der Waals surface area contributed by atoms with Gasteiger partial charge < -0.3 is 4.90 Å². The maximum absolute atomic E-state index is 13.0. The Balaban J connectivity index is 1.75. The van der Waals surface area contributed by atoms with Crippen molar-refractivity contribution in [3.05, 3.63) is 59.9 Å². The number of nitriles is 1. The third-order valence-corrected chi connectivity index (χ3v) is 5.42. The van der Waals surface area contributed by atoms with Crippen LogP contribution in [0.2, 0.25) is 0 Å². The number of hydrogen-bond donors (Lipinski definition) is 1. The molecule has 3 rings (SSSR count). The average molecular weight is 359 g/mol. The first-order chi connectivity index (χ1) is 11.9. The number of sulfonamides is 1. The van der Waals surface area contributed by atoms with Crippen molar-refractivity contribution in [3.63, 3.8) is 0 Å². The quantitative estimate of drug-likeness (QED) is 0.901. The number of amides is 1. The van der Waals surface area contributed by atoms with Gasteiger partial charge in [-0.15, -0.1) is 0 Å². The Labute approximate surface area is 144 Å². The van der Waals surface area contributed by atoms with Gasteiger partial charge in [0.15, 0.2) is 0 Å². The summed E-state index contributed by atoms with van der Waals surface area (Å²) in [4.78, 5) is 13.9. The Hall–Kier alpha value is -2.76. The molecule has 1 heterocycles. The summed E-state index contributed by atoms with van der Waals surface area (Å²) in [5.41, 5.74) is 0.866. The summed E-state index contributed by atoms with van der Waals surface area (Å²) in [6.45, 7) is 0.338. The fourth-order valence-corrected chi connectivity index (χ4v) is 3.85. The second kappa shape index (κ2) is 6.63. The maximum Gasteiger partial charge on any atom is 0.245 e. The molecular weight excluding hydrogens is 345 g/mol. The van der Waals surface area contributed by atoms with Gasteiger partial charge in [-0.05, 0) is 55.0 Å². The number of carbonyl (C=O) groups excluding carboxylic acids is 1. The van der Waals surface area contributed by atoms with Gasteiger partial charge in [-0.3, -0.25) is 4.79 Å². The van der Waals surface area contributed by atoms with Crippen LogP contribution >= 0.6 is 0 Å². The number of nitrogens with one attached hydrogen (secondary N) is 1. The number of halogens is 1. The Kier molecular flexibility index (Phi) is 4.53. The molecule has 1 fully saturated rings. The highest BCUT2D eigenvalue weighted by atomic mass is 32.2. The van der Waals surface area contributed by atoms with Crippen LogP contribution in [0.15, 0.2) is 53.4 Å². The van der Waals surface area contributed by atoms with Crippen LogP contribution in [0, 0.1) is 17.1 Å². The first kappa shape index (κ1) is 17.1. The van der Waals surface area contributed by atoms with E-state index < -0.39 is 21.9 Å². The zero-order valence-corrected chi connectivity index (χ0v) is 13.8. The number of carbonyl (C=O) groups is 1. The molecule has 6 nitrogen and oxygen atoms in total. The Morgan fingerprint density at radius 2 is 1.76 bits per heavy atom. The lowest BCUT2D eigenvalue weighted by Gasteiger charge is -2.17. The lowest BCUT2D eigenvalue weighted by Crippen LogP contribution is -2.41. The SMILES string of the molecule is N#Cc1ccc(S(=O)(=O)N[C@@H]2CCN(c3ccc(F)cc3)C2=O)cc1. The second-order valence-electron chi connectivity index (χ2n) is 5.57. The summed E-state index contributed by atoms with van der Waals surface area (Å²) < 4.78 is 40.2. The molecule has 0 unspecified atom stereocenters. The van der Waals surface area contributed by atoms with Gasteiger partial charge in [0, 0.05) is 12.2 Å². The van der Waals surface area contributed by atoms with Crippen molar-refractivity contribution in [2.24, 2.45) is 0 Å². The number of hydrogen-bond acceptors (Lipinski definition) is 4. The van der Waals surface area contributed by atoms with Crippen LogP contribution in [0.25, 0.3) is 0 Å². The molecular formula is C17H14FN3O3S. The monoisotopic (exact) mass is 359 g/mol. The van der Waals surface area contributed by atoms with Crippen molar-refractivity contribution in [1.82, 2.24) is 4.72 Å². The molecule has 25 heavy (non-hydrogen) atoms. The zero-order chi connectivity index (χ0) is 18.0. The molecule has 1 saturated heterocycles. The molecule has 1 aliphatic rings. The summed E-state index contributed by atoms with van der Waals surface area (Å²) >= 11 is 0. The minimum Gasteiger partial charge on any atom is -0.311 e. The Bertz CT molecular complexity index is 935. The van der Waals surface area contributed by atoms with Gasteiger partial charge in [0.2, 0.25) is 15.9 Å². The highest BCUT2D eigenvalue weighted by Gasteiger charge is 2.35. The van der Waals surface area contributed by atoms with Gasteiger partial charge in [0.1, 0.15) is 11.9 Å². The van der Waals surface area contributed by atoms with Crippen molar-refractivity contribution in [2.75, 3.05) is 11.4 Å². The van der Waals surface area contributed by atoms with Crippen LogP contribution < -0.4 is 9.62 Å². The van der Waals surface area contributed by atoms with Crippen LogP contribution in [0.1, 0.15) is 12.0 Å². The summed E-state index contributed by atoms with van der Waals surface area (Å²) in [5, 5.41) is 8.76. The molecule has 128 valence electrons. The molecule has 8 heteroatoms. The van der Waals surface area contributed by atoms with Crippen LogP contribution in [0.3, 0.4) is 0 Å². The number of benzene rings is 2. The Morgan fingerprint density at radius 1 is 1.12 bits per heavy atom. The van der Waals surface area contributed by atoms with Crippen LogP contribution in [0.5, 0.6) is 0 Å². The van der Waals surface area contributed by atoms with Crippen LogP contribution in [-0.2, 0) is 14.8 Å². The van der Waals surface area contributed by atoms with Gasteiger partial charge in [-0.2, -0.15) is 9.98 Å². The molecule has 2 aromatic carbocycles. The smallest absolute Gasteiger partial charge is 0.245 e. The van der Waals surface area contributed by atoms with E-state index in [0.717, 1.165) is 0 Å². The predicted molar refractivity (Wildman–Crippen MR) is 88.6 cm³/mol. The van der Waals surface area contributed by atoms with Gasteiger partial charge in [0.05, 0.1) is 16.5 Å². The molecule has 0 aromatic heterocycles. The van der Waals surface area contributed by atoms with Crippen LogP contribution in [0.4, 0.5) is 10.1 Å². The standard InChI is InChI=1S/C17H14FN3O3S/c18-13-3-5-14(6-4-13)21-10-9-16(17(21)22)20-25(23,24)15-7-1-12(11-19)2-8-15/h1-8,16,20H,9-10H2/t16-/m1/s1. The number of nitrogens with zero attached hydrogens (tertiary/aromatic N) is 2. The van der Waals surface area contributed by atoms with Crippen molar-refractivity contribution < 1.29 is 17.6 Å². The first-order valence-corrected chi connectivity index (χ1v) is 8.98. The van der Waals surface area contributed by atoms with E-state index in [1.807, 2.05) is 6.07 Å². The summed E-state index contributed by atoms with van der Waals surface area (Å²) in [6.07, 6.45) is 0.311. The molecule has 0 radical (unpaired) electrons.